The molecule has 0 radical (unpaired) electrons. The maximum atomic E-state index is 13.5. The van der Waals surface area contributed by atoms with E-state index in [9.17, 15) is 43.6 Å². The number of benzene rings is 2. The lowest BCUT2D eigenvalue weighted by atomic mass is 9.72. The van der Waals surface area contributed by atoms with Crippen molar-refractivity contribution in [2.75, 3.05) is 26.3 Å². The third-order valence-electron chi connectivity index (χ3n) is 6.85. The summed E-state index contributed by atoms with van der Waals surface area (Å²) in [6, 6.07) is 7.28. The first-order valence-electron chi connectivity index (χ1n) is 12.6. The second-order valence-electron chi connectivity index (χ2n) is 9.62. The van der Waals surface area contributed by atoms with Crippen LogP contribution in [0.2, 0.25) is 0 Å². The minimum absolute atomic E-state index is 0.00153. The average Bonchev–Trinajstić information content (AvgIpc) is 2.92. The van der Waals surface area contributed by atoms with E-state index >= 15 is 0 Å². The number of aromatic carboxylic acids is 1. The van der Waals surface area contributed by atoms with Gasteiger partial charge in [0.2, 0.25) is 13.3 Å². The molecule has 1 saturated heterocycles. The van der Waals surface area contributed by atoms with Crippen LogP contribution in [0.5, 0.6) is 5.75 Å². The minimum atomic E-state index is -3.62. The third-order valence-corrected chi connectivity index (χ3v) is 8.10. The fourth-order valence-electron chi connectivity index (χ4n) is 4.60. The SMILES string of the molecule is CCN1CCN(C(=O)N[C@@H](C(=O)N[C@H]2Cc3cccc(C(=O)O)c3OB2O)c2ccc(P(C)(=O)O)cc2)C(=O)C1=O. The van der Waals surface area contributed by atoms with Crippen LogP contribution < -0.4 is 20.6 Å². The lowest BCUT2D eigenvalue weighted by Crippen LogP contribution is -2.60. The number of hydrogen-bond donors (Lipinski definition) is 5. The van der Waals surface area contributed by atoms with Crippen LogP contribution in [0, 0.1) is 0 Å². The summed E-state index contributed by atoms with van der Waals surface area (Å²) in [5.74, 6) is -5.08. The number of carbonyl (C=O) groups excluding carboxylic acids is 4. The summed E-state index contributed by atoms with van der Waals surface area (Å²) in [5, 5.41) is 25.1. The van der Waals surface area contributed by atoms with Crippen LogP contribution in [0.4, 0.5) is 4.79 Å². The van der Waals surface area contributed by atoms with E-state index in [1.807, 2.05) is 0 Å². The van der Waals surface area contributed by atoms with Crippen LogP contribution in [0.1, 0.15) is 34.5 Å². The molecule has 16 heteroatoms. The Balaban J connectivity index is 1.59. The van der Waals surface area contributed by atoms with Gasteiger partial charge in [0.1, 0.15) is 11.8 Å². The van der Waals surface area contributed by atoms with E-state index in [4.69, 9.17) is 4.65 Å². The van der Waals surface area contributed by atoms with Crippen molar-refractivity contribution in [1.29, 1.82) is 0 Å². The second kappa shape index (κ2) is 11.7. The van der Waals surface area contributed by atoms with E-state index in [2.05, 4.69) is 10.6 Å². The molecule has 0 saturated carbocycles. The molecule has 41 heavy (non-hydrogen) atoms. The summed E-state index contributed by atoms with van der Waals surface area (Å²) in [5.41, 5.74) is 0.444. The molecule has 4 rings (SSSR count). The number of urea groups is 1. The quantitative estimate of drug-likeness (QED) is 0.160. The molecule has 2 aliphatic heterocycles. The molecule has 14 nitrogen and oxygen atoms in total. The highest BCUT2D eigenvalue weighted by Crippen LogP contribution is 2.34. The Morgan fingerprint density at radius 3 is 2.41 bits per heavy atom. The van der Waals surface area contributed by atoms with Crippen molar-refractivity contribution < 1.29 is 48.2 Å². The highest BCUT2D eigenvalue weighted by molar-refractivity contribution is 7.65. The summed E-state index contributed by atoms with van der Waals surface area (Å²) in [7, 11) is -5.25. The predicted molar refractivity (Wildman–Crippen MR) is 145 cm³/mol. The third kappa shape index (κ3) is 6.27. The highest BCUT2D eigenvalue weighted by Gasteiger charge is 2.41. The molecule has 2 heterocycles. The number of nitrogens with one attached hydrogen (secondary N) is 2. The first-order chi connectivity index (χ1) is 19.3. The number of carboxylic acid groups (broad SMARTS) is 1. The van der Waals surface area contributed by atoms with Crippen molar-refractivity contribution in [1.82, 2.24) is 20.4 Å². The van der Waals surface area contributed by atoms with Crippen molar-refractivity contribution in [3.63, 3.8) is 0 Å². The van der Waals surface area contributed by atoms with E-state index in [0.29, 0.717) is 10.5 Å². The normalized spacial score (nSPS) is 19.0. The minimum Gasteiger partial charge on any atom is -0.534 e. The van der Waals surface area contributed by atoms with E-state index in [0.717, 1.165) is 6.66 Å². The molecule has 0 spiro atoms. The number of nitrogens with zero attached hydrogens (tertiary/aromatic N) is 2. The van der Waals surface area contributed by atoms with Crippen LogP contribution in [0.15, 0.2) is 42.5 Å². The molecule has 0 bridgehead atoms. The number of rotatable bonds is 7. The molecule has 1 fully saturated rings. The maximum absolute atomic E-state index is 13.5. The van der Waals surface area contributed by atoms with Gasteiger partial charge in [-0.15, -0.1) is 0 Å². The van der Waals surface area contributed by atoms with E-state index in [1.54, 1.807) is 13.0 Å². The van der Waals surface area contributed by atoms with Gasteiger partial charge < -0.3 is 35.2 Å². The summed E-state index contributed by atoms with van der Waals surface area (Å²) < 4.78 is 17.5. The molecule has 3 atom stereocenters. The fourth-order valence-corrected chi connectivity index (χ4v) is 5.30. The molecule has 1 unspecified atom stereocenters. The van der Waals surface area contributed by atoms with Gasteiger partial charge in [-0.05, 0) is 42.7 Å². The Labute approximate surface area is 234 Å². The number of para-hydroxylation sites is 1. The number of piperazine rings is 1. The number of likely N-dealkylation sites (N-methyl/N-ethyl adjacent to an activating group) is 1. The molecule has 5 amide bonds. The maximum Gasteiger partial charge on any atom is 0.547 e. The predicted octanol–water partition coefficient (Wildman–Crippen LogP) is -0.509. The van der Waals surface area contributed by atoms with Gasteiger partial charge in [0, 0.05) is 31.6 Å². The molecular formula is C25H28BN4O10P. The van der Waals surface area contributed by atoms with Gasteiger partial charge in [0.15, 0.2) is 0 Å². The fraction of sp³-hybridized carbons (Fsp3) is 0.320. The van der Waals surface area contributed by atoms with Crippen LogP contribution in [-0.2, 0) is 25.4 Å². The van der Waals surface area contributed by atoms with Gasteiger partial charge >= 0.3 is 30.9 Å². The van der Waals surface area contributed by atoms with Gasteiger partial charge in [-0.1, -0.05) is 24.3 Å². The van der Waals surface area contributed by atoms with Gasteiger partial charge in [-0.25, -0.2) is 9.59 Å². The number of carbonyl (C=O) groups is 5. The smallest absolute Gasteiger partial charge is 0.534 e. The van der Waals surface area contributed by atoms with Crippen LogP contribution >= 0.6 is 7.37 Å². The molecule has 5 N–H and O–H groups in total. The summed E-state index contributed by atoms with van der Waals surface area (Å²) >= 11 is 0. The van der Waals surface area contributed by atoms with Gasteiger partial charge in [-0.3, -0.25) is 23.8 Å². The first kappa shape index (κ1) is 29.8. The van der Waals surface area contributed by atoms with Crippen LogP contribution in [0.25, 0.3) is 0 Å². The van der Waals surface area contributed by atoms with E-state index in [-0.39, 0.29) is 48.2 Å². The molecule has 2 aliphatic rings. The van der Waals surface area contributed by atoms with Crippen molar-refractivity contribution in [2.24, 2.45) is 0 Å². The zero-order valence-corrected chi connectivity index (χ0v) is 23.0. The van der Waals surface area contributed by atoms with Gasteiger partial charge in [0.05, 0.1) is 11.5 Å². The number of amides is 5. The number of carboxylic acids is 1. The van der Waals surface area contributed by atoms with Crippen molar-refractivity contribution in [3.05, 3.63) is 59.2 Å². The topological polar surface area (TPSA) is 203 Å². The Kier molecular flexibility index (Phi) is 8.52. The number of fused-ring (bicyclic) bond motifs is 1. The molecule has 0 aliphatic carbocycles. The second-order valence-corrected chi connectivity index (χ2v) is 11.9. The summed E-state index contributed by atoms with van der Waals surface area (Å²) in [4.78, 5) is 74.9. The lowest BCUT2D eigenvalue weighted by Gasteiger charge is -2.33. The summed E-state index contributed by atoms with van der Waals surface area (Å²) in [6.45, 7) is 3.14. The summed E-state index contributed by atoms with van der Waals surface area (Å²) in [6.07, 6.45) is -0.00153. The molecule has 2 aromatic rings. The average molecular weight is 586 g/mol. The van der Waals surface area contributed by atoms with E-state index in [1.165, 1.54) is 41.3 Å². The Morgan fingerprint density at radius 2 is 1.80 bits per heavy atom. The molecular weight excluding hydrogens is 558 g/mol. The molecule has 216 valence electrons. The van der Waals surface area contributed by atoms with Crippen molar-refractivity contribution in [3.8, 4) is 5.75 Å². The molecule has 0 aromatic heterocycles. The van der Waals surface area contributed by atoms with Crippen molar-refractivity contribution in [2.45, 2.75) is 25.3 Å². The highest BCUT2D eigenvalue weighted by atomic mass is 31.2. The lowest BCUT2D eigenvalue weighted by molar-refractivity contribution is -0.153. The largest absolute Gasteiger partial charge is 0.547 e. The Hall–Kier alpha value is -4.20. The van der Waals surface area contributed by atoms with Crippen molar-refractivity contribution >= 4 is 49.5 Å². The first-order valence-corrected chi connectivity index (χ1v) is 14.7. The van der Waals surface area contributed by atoms with Crippen LogP contribution in [-0.4, -0.2) is 93.9 Å². The van der Waals surface area contributed by atoms with Gasteiger partial charge in [-0.2, -0.15) is 0 Å². The number of imide groups is 1. The molecule has 2 aromatic carbocycles. The Bertz CT molecular complexity index is 1450. The zero-order valence-electron chi connectivity index (χ0n) is 22.1. The Morgan fingerprint density at radius 1 is 1.12 bits per heavy atom. The zero-order chi connectivity index (χ0) is 30.1. The van der Waals surface area contributed by atoms with Crippen LogP contribution in [0.3, 0.4) is 0 Å². The van der Waals surface area contributed by atoms with Gasteiger partial charge in [0.25, 0.3) is 0 Å². The number of hydrogen-bond acceptors (Lipinski definition) is 8. The van der Waals surface area contributed by atoms with E-state index < -0.39 is 56.2 Å². The monoisotopic (exact) mass is 586 g/mol. The standard InChI is InChI=1S/C25H28BN4O10P/c1-3-29-11-12-30(23(33)22(29)32)25(36)28-19(14-7-9-16(10-8-14)41(2,38)39)21(31)27-18-13-15-5-4-6-17(24(34)35)20(15)40-26(18)37/h4-10,18-19,37H,3,11-13H2,1-2H3,(H,27,31)(H,28,36)(H,34,35)(H,38,39)/t18-,19+/m0/s1.